The molecule has 0 aromatic carbocycles. The van der Waals surface area contributed by atoms with Gasteiger partial charge in [0.1, 0.15) is 5.82 Å². The first-order valence-electron chi connectivity index (χ1n) is 2.83. The highest BCUT2D eigenvalue weighted by atomic mass is 14.8. The Balaban J connectivity index is 2.97. The molecule has 0 unspecified atom stereocenters. The molecule has 3 heteroatoms. The minimum Gasteiger partial charge on any atom is -0.359 e. The predicted molar refractivity (Wildman–Crippen MR) is 37.8 cm³/mol. The molecule has 2 N–H and O–H groups in total. The average molecular weight is 133 g/mol. The lowest BCUT2D eigenvalue weighted by molar-refractivity contribution is 1.05. The van der Waals surface area contributed by atoms with Gasteiger partial charge in [-0.15, -0.1) is 0 Å². The topological polar surface area (TPSA) is 51.8 Å². The van der Waals surface area contributed by atoms with E-state index < -0.39 is 0 Å². The van der Waals surface area contributed by atoms with Crippen LogP contribution in [0.1, 0.15) is 11.4 Å². The van der Waals surface area contributed by atoms with E-state index in [1.165, 1.54) is 0 Å². The van der Waals surface area contributed by atoms with Gasteiger partial charge < -0.3 is 5.73 Å². The standard InChI is InChI=1S/C7H7N3/c1-6-9-4-7(2-3-8)5-10-6/h4-5H,8H2,1H3. The Labute approximate surface area is 59.3 Å². The number of aryl methyl sites for hydroxylation is 1. The first kappa shape index (κ1) is 6.56. The average Bonchev–Trinajstić information content (AvgIpc) is 1.95. The molecule has 0 aliphatic carbocycles. The van der Waals surface area contributed by atoms with Gasteiger partial charge in [-0.05, 0) is 12.8 Å². The first-order chi connectivity index (χ1) is 4.83. The molecular weight excluding hydrogens is 126 g/mol. The van der Waals surface area contributed by atoms with Crippen molar-refractivity contribution >= 4 is 0 Å². The van der Waals surface area contributed by atoms with Crippen molar-refractivity contribution in [3.8, 4) is 12.0 Å². The highest BCUT2D eigenvalue weighted by Crippen LogP contribution is 1.90. The van der Waals surface area contributed by atoms with Crippen LogP contribution in [0.2, 0.25) is 0 Å². The van der Waals surface area contributed by atoms with Gasteiger partial charge in [0.2, 0.25) is 0 Å². The van der Waals surface area contributed by atoms with E-state index in [4.69, 9.17) is 5.73 Å². The number of hydrogen-bond donors (Lipinski definition) is 1. The van der Waals surface area contributed by atoms with Crippen LogP contribution >= 0.6 is 0 Å². The normalized spacial score (nSPS) is 8.10. The zero-order valence-corrected chi connectivity index (χ0v) is 5.63. The molecular formula is C7H7N3. The number of hydrogen-bond acceptors (Lipinski definition) is 3. The Bertz CT molecular complexity index is 265. The predicted octanol–water partition coefficient (Wildman–Crippen LogP) is 0.0527. The van der Waals surface area contributed by atoms with Gasteiger partial charge in [-0.25, -0.2) is 9.97 Å². The van der Waals surface area contributed by atoms with Crippen molar-refractivity contribution in [3.05, 3.63) is 23.8 Å². The van der Waals surface area contributed by atoms with Crippen molar-refractivity contribution in [3.63, 3.8) is 0 Å². The Kier molecular flexibility index (Phi) is 1.86. The molecule has 0 radical (unpaired) electrons. The zero-order chi connectivity index (χ0) is 7.40. The lowest BCUT2D eigenvalue weighted by atomic mass is 10.3. The summed E-state index contributed by atoms with van der Waals surface area (Å²) in [7, 11) is 0. The summed E-state index contributed by atoms with van der Waals surface area (Å²) in [5.74, 6) is 3.38. The maximum Gasteiger partial charge on any atom is 0.125 e. The largest absolute Gasteiger partial charge is 0.359 e. The van der Waals surface area contributed by atoms with E-state index in [9.17, 15) is 0 Å². The van der Waals surface area contributed by atoms with E-state index >= 15 is 0 Å². The first-order valence-corrected chi connectivity index (χ1v) is 2.83. The fourth-order valence-electron chi connectivity index (χ4n) is 0.540. The summed E-state index contributed by atoms with van der Waals surface area (Å²) in [5.41, 5.74) is 5.73. The van der Waals surface area contributed by atoms with E-state index in [-0.39, 0.29) is 0 Å². The molecule has 1 aromatic heterocycles. The van der Waals surface area contributed by atoms with Gasteiger partial charge in [0.25, 0.3) is 0 Å². The molecule has 3 nitrogen and oxygen atoms in total. The molecule has 0 amide bonds. The van der Waals surface area contributed by atoms with Gasteiger partial charge in [-0.1, -0.05) is 0 Å². The van der Waals surface area contributed by atoms with Gasteiger partial charge in [-0.2, -0.15) is 0 Å². The van der Waals surface area contributed by atoms with Crippen LogP contribution in [0.3, 0.4) is 0 Å². The molecule has 1 heterocycles. The highest BCUT2D eigenvalue weighted by Gasteiger charge is 1.86. The smallest absolute Gasteiger partial charge is 0.125 e. The Morgan fingerprint density at radius 3 is 2.50 bits per heavy atom. The number of aromatic nitrogens is 2. The van der Waals surface area contributed by atoms with E-state index in [0.29, 0.717) is 0 Å². The summed E-state index contributed by atoms with van der Waals surface area (Å²) >= 11 is 0. The third-order valence-electron chi connectivity index (χ3n) is 0.997. The molecule has 0 bridgehead atoms. The summed E-state index contributed by atoms with van der Waals surface area (Å²) in [6.07, 6.45) is 3.28. The molecule has 10 heavy (non-hydrogen) atoms. The molecule has 1 aromatic rings. The lowest BCUT2D eigenvalue weighted by Gasteiger charge is -1.88. The number of nitrogens with zero attached hydrogens (tertiary/aromatic N) is 2. The van der Waals surface area contributed by atoms with Crippen molar-refractivity contribution in [2.75, 3.05) is 0 Å². The molecule has 1 rings (SSSR count). The maximum absolute atomic E-state index is 4.98. The van der Waals surface area contributed by atoms with Gasteiger partial charge in [0, 0.05) is 18.4 Å². The second kappa shape index (κ2) is 2.83. The summed E-state index contributed by atoms with van der Waals surface area (Å²) in [5, 5.41) is 0. The molecule has 0 aliphatic rings. The van der Waals surface area contributed by atoms with Crippen LogP contribution in [0.5, 0.6) is 0 Å². The van der Waals surface area contributed by atoms with Crippen LogP contribution in [0, 0.1) is 18.9 Å². The third kappa shape index (κ3) is 1.46. The Morgan fingerprint density at radius 1 is 1.40 bits per heavy atom. The van der Waals surface area contributed by atoms with E-state index in [1.54, 1.807) is 12.4 Å². The van der Waals surface area contributed by atoms with Crippen molar-refractivity contribution in [2.45, 2.75) is 6.92 Å². The molecule has 0 aliphatic heterocycles. The van der Waals surface area contributed by atoms with Crippen molar-refractivity contribution in [1.29, 1.82) is 0 Å². The van der Waals surface area contributed by atoms with E-state index in [2.05, 4.69) is 21.9 Å². The van der Waals surface area contributed by atoms with Gasteiger partial charge in [0.05, 0.1) is 5.56 Å². The van der Waals surface area contributed by atoms with Crippen LogP contribution in [-0.2, 0) is 0 Å². The molecule has 0 saturated carbocycles. The van der Waals surface area contributed by atoms with Crippen molar-refractivity contribution < 1.29 is 0 Å². The van der Waals surface area contributed by atoms with Crippen LogP contribution < -0.4 is 5.73 Å². The molecule has 0 fully saturated rings. The number of rotatable bonds is 0. The van der Waals surface area contributed by atoms with Gasteiger partial charge in [0.15, 0.2) is 0 Å². The quantitative estimate of drug-likeness (QED) is 0.402. The second-order valence-corrected chi connectivity index (χ2v) is 1.79. The number of nitrogens with two attached hydrogens (primary N) is 1. The summed E-state index contributed by atoms with van der Waals surface area (Å²) in [6.45, 7) is 1.82. The van der Waals surface area contributed by atoms with Crippen LogP contribution in [0.15, 0.2) is 12.4 Å². The lowest BCUT2D eigenvalue weighted by Crippen LogP contribution is -1.87. The summed E-state index contributed by atoms with van der Waals surface area (Å²) in [4.78, 5) is 7.86. The van der Waals surface area contributed by atoms with Gasteiger partial charge in [-0.3, -0.25) is 0 Å². The summed E-state index contributed by atoms with van der Waals surface area (Å²) in [6, 6.07) is 2.27. The maximum atomic E-state index is 4.98. The minimum absolute atomic E-state index is 0.738. The van der Waals surface area contributed by atoms with E-state index in [1.807, 2.05) is 6.92 Å². The highest BCUT2D eigenvalue weighted by molar-refractivity contribution is 5.28. The third-order valence-corrected chi connectivity index (χ3v) is 0.997. The fourth-order valence-corrected chi connectivity index (χ4v) is 0.540. The Morgan fingerprint density at radius 2 is 2.00 bits per heavy atom. The molecule has 0 spiro atoms. The van der Waals surface area contributed by atoms with Gasteiger partial charge >= 0.3 is 0 Å². The molecule has 50 valence electrons. The van der Waals surface area contributed by atoms with Crippen molar-refractivity contribution in [1.82, 2.24) is 9.97 Å². The Hall–Kier alpha value is -1.56. The fraction of sp³-hybridized carbons (Fsp3) is 0.143. The minimum atomic E-state index is 0.738. The van der Waals surface area contributed by atoms with Crippen LogP contribution in [-0.4, -0.2) is 9.97 Å². The molecule has 0 atom stereocenters. The van der Waals surface area contributed by atoms with Crippen molar-refractivity contribution in [2.24, 2.45) is 5.73 Å². The second-order valence-electron chi connectivity index (χ2n) is 1.79. The van der Waals surface area contributed by atoms with Crippen LogP contribution in [0.4, 0.5) is 0 Å². The monoisotopic (exact) mass is 133 g/mol. The van der Waals surface area contributed by atoms with Crippen LogP contribution in [0.25, 0.3) is 0 Å². The molecule has 0 saturated heterocycles. The summed E-state index contributed by atoms with van der Waals surface area (Å²) < 4.78 is 0. The SMILES string of the molecule is Cc1ncc(C#CN)cn1. The van der Waals surface area contributed by atoms with E-state index in [0.717, 1.165) is 11.4 Å². The zero-order valence-electron chi connectivity index (χ0n) is 5.63.